The molecule has 8 aromatic carbocycles. The Labute approximate surface area is 297 Å². The Morgan fingerprint density at radius 1 is 0.490 bits per heavy atom. The highest BCUT2D eigenvalue weighted by molar-refractivity contribution is 6.21. The number of para-hydroxylation sites is 2. The minimum absolute atomic E-state index is 0.176. The molecule has 0 saturated carbocycles. The summed E-state index contributed by atoms with van der Waals surface area (Å²) in [5.41, 5.74) is 7.88. The zero-order valence-electron chi connectivity index (χ0n) is 34.7. The normalized spacial score (nSPS) is 13.7. The van der Waals surface area contributed by atoms with Gasteiger partial charge < -0.3 is 0 Å². The van der Waals surface area contributed by atoms with E-state index >= 15 is 0 Å². The second-order valence-corrected chi connectivity index (χ2v) is 12.0. The van der Waals surface area contributed by atoms with Crippen molar-refractivity contribution in [2.45, 2.75) is 13.3 Å². The molecule has 0 spiro atoms. The van der Waals surface area contributed by atoms with Crippen molar-refractivity contribution < 1.29 is 11.0 Å². The van der Waals surface area contributed by atoms with Gasteiger partial charge in [-0.2, -0.15) is 0 Å². The highest BCUT2D eigenvalue weighted by Gasteiger charge is 2.18. The second kappa shape index (κ2) is 12.1. The molecular weight excluding hydrogens is 593 g/mol. The molecule has 0 aliphatic rings. The number of imidazole rings is 1. The lowest BCUT2D eigenvalue weighted by molar-refractivity contribution is 0.908. The fraction of sp³-hybridized carbons (Fsp3) is 0.0426. The van der Waals surface area contributed by atoms with Crippen LogP contribution in [0.4, 0.5) is 0 Å². The highest BCUT2D eigenvalue weighted by atomic mass is 15.1. The molecule has 0 unspecified atom stereocenters. The number of hydrogen-bond acceptors (Lipinski definition) is 1. The monoisotopic (exact) mass is 634 g/mol. The van der Waals surface area contributed by atoms with Gasteiger partial charge in [-0.3, -0.25) is 4.57 Å². The molecule has 2 heteroatoms. The average molecular weight is 635 g/mol. The summed E-state index contributed by atoms with van der Waals surface area (Å²) in [5.74, 6) is 0.875. The van der Waals surface area contributed by atoms with Crippen molar-refractivity contribution in [2.24, 2.45) is 0 Å². The second-order valence-electron chi connectivity index (χ2n) is 12.0. The summed E-state index contributed by atoms with van der Waals surface area (Å²) in [5, 5.41) is 0.705. The molecule has 0 atom stereocenters. The van der Waals surface area contributed by atoms with Gasteiger partial charge in [0.05, 0.1) is 22.0 Å². The van der Waals surface area contributed by atoms with Crippen LogP contribution in [0, 0.1) is 0 Å². The number of nitrogens with zero attached hydrogens (tertiary/aromatic N) is 2. The van der Waals surface area contributed by atoms with Crippen molar-refractivity contribution in [3.05, 3.63) is 182 Å². The number of fused-ring (bicyclic) bond motifs is 3. The molecule has 1 aromatic heterocycles. The smallest absolute Gasteiger partial charge is 0.114 e. The molecule has 9 rings (SSSR count). The fourth-order valence-electron chi connectivity index (χ4n) is 6.95. The third-order valence-corrected chi connectivity index (χ3v) is 9.17. The van der Waals surface area contributed by atoms with Crippen LogP contribution in [0.5, 0.6) is 0 Å². The minimum Gasteiger partial charge on any atom is -0.296 e. The Hall–Kier alpha value is -6.25. The largest absolute Gasteiger partial charge is 0.296 e. The summed E-state index contributed by atoms with van der Waals surface area (Å²) >= 11 is 0. The van der Waals surface area contributed by atoms with Gasteiger partial charge in [-0.25, -0.2) is 4.98 Å². The Morgan fingerprint density at radius 2 is 0.959 bits per heavy atom. The highest BCUT2D eigenvalue weighted by Crippen LogP contribution is 2.45. The summed E-state index contributed by atoms with van der Waals surface area (Å²) in [7, 11) is 0. The minimum atomic E-state index is -0.434. The Balaban J connectivity index is 1.43. The van der Waals surface area contributed by atoms with Crippen molar-refractivity contribution in [1.82, 2.24) is 9.55 Å². The molecule has 0 aliphatic heterocycles. The Morgan fingerprint density at radius 3 is 1.49 bits per heavy atom. The predicted molar refractivity (Wildman–Crippen MR) is 207 cm³/mol. The lowest BCUT2D eigenvalue weighted by Gasteiger charge is -2.19. The molecule has 0 amide bonds. The van der Waals surface area contributed by atoms with Gasteiger partial charge in [0, 0.05) is 12.1 Å². The fourth-order valence-corrected chi connectivity index (χ4v) is 6.95. The van der Waals surface area contributed by atoms with E-state index in [9.17, 15) is 5.48 Å². The molecule has 0 bridgehead atoms. The molecule has 0 saturated heterocycles. The van der Waals surface area contributed by atoms with Gasteiger partial charge in [0.15, 0.2) is 0 Å². The molecule has 0 N–H and O–H groups in total. The zero-order chi connectivity index (χ0) is 39.7. The van der Waals surface area contributed by atoms with Crippen molar-refractivity contribution in [3.8, 4) is 50.2 Å². The summed E-state index contributed by atoms with van der Waals surface area (Å²) in [6, 6.07) is 38.1. The van der Waals surface area contributed by atoms with Crippen molar-refractivity contribution in [1.29, 1.82) is 0 Å². The van der Waals surface area contributed by atoms with Crippen molar-refractivity contribution in [2.75, 3.05) is 0 Å². The molecule has 0 radical (unpaired) electrons. The number of hydrogen-bond donors (Lipinski definition) is 0. The van der Waals surface area contributed by atoms with E-state index in [1.165, 1.54) is 0 Å². The quantitative estimate of drug-likeness (QED) is 0.166. The standard InChI is InChI=1S/C47H34N2/c1-2-45-48-43-23-13-14-24-44(43)49(45)38-27-25-34(26-28-38)46-39-19-9-11-21-41(39)47(42-22-12-10-20-40(42)46)37-30-35(32-15-5-3-6-16-32)29-36(31-37)33-17-7-4-8-18-33/h3-31H,2H2,1H3/i9D,10D,11D,12D,19D,20D,21D,22D. The first kappa shape index (κ1) is 21.6. The van der Waals surface area contributed by atoms with Crippen LogP contribution in [0.25, 0.3) is 82.8 Å². The SMILES string of the molecule is [2H]c1c([2H])c([2H])c2c(-c3cc(-c4ccccc4)cc(-c4ccccc4)c3)c3c([2H])c([2H])c([2H])c([2H])c3c(-c3ccc(-n4c(CC)nc5ccccc54)cc3)c2c1[2H]. The van der Waals surface area contributed by atoms with Crippen LogP contribution in [0.1, 0.15) is 23.7 Å². The van der Waals surface area contributed by atoms with Crippen LogP contribution in [0.15, 0.2) is 176 Å². The predicted octanol–water partition coefficient (Wildman–Crippen LogP) is 12.6. The van der Waals surface area contributed by atoms with Gasteiger partial charge in [0.2, 0.25) is 0 Å². The summed E-state index contributed by atoms with van der Waals surface area (Å²) < 4.78 is 75.4. The van der Waals surface area contributed by atoms with Gasteiger partial charge in [0.25, 0.3) is 0 Å². The van der Waals surface area contributed by atoms with Crippen LogP contribution < -0.4 is 0 Å². The summed E-state index contributed by atoms with van der Waals surface area (Å²) in [4.78, 5) is 4.83. The van der Waals surface area contributed by atoms with Gasteiger partial charge in [-0.05, 0) is 109 Å². The lowest BCUT2D eigenvalue weighted by atomic mass is 9.84. The van der Waals surface area contributed by atoms with Gasteiger partial charge in [-0.15, -0.1) is 0 Å². The number of aryl methyl sites for hydroxylation is 1. The molecule has 0 fully saturated rings. The third kappa shape index (κ3) is 5.01. The molecule has 232 valence electrons. The van der Waals surface area contributed by atoms with Gasteiger partial charge in [-0.1, -0.05) is 140 Å². The van der Waals surface area contributed by atoms with E-state index in [1.807, 2.05) is 128 Å². The molecule has 2 nitrogen and oxygen atoms in total. The van der Waals surface area contributed by atoms with E-state index in [0.717, 1.165) is 44.8 Å². The molecule has 9 aromatic rings. The number of rotatable bonds is 6. The maximum absolute atomic E-state index is 9.46. The topological polar surface area (TPSA) is 17.8 Å². The van der Waals surface area contributed by atoms with E-state index in [1.54, 1.807) is 0 Å². The van der Waals surface area contributed by atoms with Gasteiger partial charge >= 0.3 is 0 Å². The van der Waals surface area contributed by atoms with Crippen LogP contribution in [0.3, 0.4) is 0 Å². The van der Waals surface area contributed by atoms with E-state index < -0.39 is 24.2 Å². The van der Waals surface area contributed by atoms with Crippen molar-refractivity contribution in [3.63, 3.8) is 0 Å². The molecule has 0 aliphatic carbocycles. The van der Waals surface area contributed by atoms with Crippen LogP contribution in [-0.2, 0) is 6.42 Å². The molecule has 1 heterocycles. The van der Waals surface area contributed by atoms with Crippen molar-refractivity contribution >= 4 is 32.6 Å². The third-order valence-electron chi connectivity index (χ3n) is 9.17. The molecular formula is C47H34N2. The van der Waals surface area contributed by atoms with Crippen LogP contribution in [0.2, 0.25) is 0 Å². The summed E-state index contributed by atoms with van der Waals surface area (Å²) in [6.45, 7) is 2.05. The maximum atomic E-state index is 9.46. The maximum Gasteiger partial charge on any atom is 0.114 e. The van der Waals surface area contributed by atoms with E-state index in [2.05, 4.69) is 10.6 Å². The van der Waals surface area contributed by atoms with E-state index in [4.69, 9.17) is 10.5 Å². The Kier molecular flexibility index (Phi) is 5.32. The average Bonchev–Trinajstić information content (AvgIpc) is 3.64. The van der Waals surface area contributed by atoms with E-state index in [-0.39, 0.29) is 45.7 Å². The zero-order valence-corrected chi connectivity index (χ0v) is 26.7. The molecule has 49 heavy (non-hydrogen) atoms. The first-order valence-electron chi connectivity index (χ1n) is 20.4. The number of benzene rings is 8. The van der Waals surface area contributed by atoms with E-state index in [0.29, 0.717) is 28.7 Å². The first-order valence-corrected chi connectivity index (χ1v) is 16.4. The first-order chi connectivity index (χ1) is 27.6. The van der Waals surface area contributed by atoms with Crippen LogP contribution >= 0.6 is 0 Å². The lowest BCUT2D eigenvalue weighted by Crippen LogP contribution is -2.00. The van der Waals surface area contributed by atoms with Gasteiger partial charge in [0.1, 0.15) is 5.82 Å². The van der Waals surface area contributed by atoms with Crippen LogP contribution in [-0.4, -0.2) is 9.55 Å². The summed E-state index contributed by atoms with van der Waals surface area (Å²) in [6.07, 6.45) is 0.692. The number of aromatic nitrogens is 2. The Bertz CT molecular complexity index is 2930.